The molecule has 10 nitrogen and oxygen atoms in total. The van der Waals surface area contributed by atoms with Gasteiger partial charge in [-0.2, -0.15) is 0 Å². The zero-order valence-electron chi connectivity index (χ0n) is 41.7. The van der Waals surface area contributed by atoms with Crippen LogP contribution in [0.25, 0.3) is 0 Å². The number of carboxylic acid groups (broad SMARTS) is 4. The summed E-state index contributed by atoms with van der Waals surface area (Å²) < 4.78 is 9.89. The monoisotopic (exact) mass is 1140 g/mol. The number of rotatable bonds is 10. The van der Waals surface area contributed by atoms with E-state index >= 15 is 0 Å². The van der Waals surface area contributed by atoms with E-state index in [2.05, 4.69) is 27.7 Å². The van der Waals surface area contributed by atoms with Crippen molar-refractivity contribution in [2.45, 2.75) is 144 Å². The first-order valence-corrected chi connectivity index (χ1v) is 23.5. The number of carbonyl (C=O) groups excluding carboxylic acids is 4. The number of carbonyl (C=O) groups is 4. The van der Waals surface area contributed by atoms with Gasteiger partial charge >= 0.3 is 42.1 Å². The van der Waals surface area contributed by atoms with Gasteiger partial charge in [0, 0.05) is 47.6 Å². The molecule has 2 fully saturated rings. The number of halogens is 2. The Balaban J connectivity index is 0. The fourth-order valence-corrected chi connectivity index (χ4v) is 6.83. The van der Waals surface area contributed by atoms with Crippen LogP contribution in [0.15, 0.2) is 72.8 Å². The molecular formula is C54H70Cl2Mo2O10. The first-order chi connectivity index (χ1) is 30.9. The minimum Gasteiger partial charge on any atom is -0.545 e. The minimum absolute atomic E-state index is 0. The van der Waals surface area contributed by atoms with Gasteiger partial charge in [-0.1, -0.05) is 155 Å². The first kappa shape index (κ1) is 66.7. The number of benzene rings is 4. The zero-order chi connectivity index (χ0) is 50.3. The van der Waals surface area contributed by atoms with Crippen LogP contribution in [-0.4, -0.2) is 50.3 Å². The van der Waals surface area contributed by atoms with Crippen molar-refractivity contribution in [2.75, 3.05) is 26.4 Å². The van der Waals surface area contributed by atoms with Crippen molar-refractivity contribution in [1.82, 2.24) is 0 Å². The molecule has 0 spiro atoms. The Labute approximate surface area is 444 Å². The molecule has 0 unspecified atom stereocenters. The molecule has 0 radical (unpaired) electrons. The molecule has 0 aromatic heterocycles. The molecule has 2 aliphatic heterocycles. The molecule has 0 atom stereocenters. The van der Waals surface area contributed by atoms with Crippen LogP contribution in [0.3, 0.4) is 0 Å². The van der Waals surface area contributed by atoms with Crippen LogP contribution in [0.5, 0.6) is 0 Å². The Morgan fingerprint density at radius 2 is 0.618 bits per heavy atom. The molecule has 2 aliphatic rings. The van der Waals surface area contributed by atoms with Gasteiger partial charge in [-0.3, -0.25) is 0 Å². The van der Waals surface area contributed by atoms with Crippen LogP contribution in [-0.2, 0) is 51.6 Å². The largest absolute Gasteiger partial charge is 2.00 e. The van der Waals surface area contributed by atoms with E-state index in [1.807, 2.05) is 79.7 Å². The topological polar surface area (TPSA) is 179 Å². The van der Waals surface area contributed by atoms with Crippen molar-refractivity contribution in [1.29, 1.82) is 0 Å². The van der Waals surface area contributed by atoms with E-state index in [1.54, 1.807) is 0 Å². The van der Waals surface area contributed by atoms with E-state index in [4.69, 9.17) is 32.7 Å². The molecule has 6 rings (SSSR count). The third-order valence-corrected chi connectivity index (χ3v) is 11.0. The van der Waals surface area contributed by atoms with Crippen LogP contribution < -0.4 is 20.4 Å². The van der Waals surface area contributed by atoms with Crippen LogP contribution >= 0.6 is 23.2 Å². The van der Waals surface area contributed by atoms with Crippen LogP contribution in [0.1, 0.15) is 219 Å². The third kappa shape index (κ3) is 24.5. The summed E-state index contributed by atoms with van der Waals surface area (Å²) in [4.78, 5) is 43.2. The van der Waals surface area contributed by atoms with Crippen molar-refractivity contribution in [3.8, 4) is 0 Å². The fraction of sp³-hybridized carbons (Fsp3) is 0.481. The molecule has 372 valence electrons. The molecule has 0 aliphatic carbocycles. The van der Waals surface area contributed by atoms with Crippen LogP contribution in [0.4, 0.5) is 0 Å². The Kier molecular flexibility index (Phi) is 34.2. The smallest absolute Gasteiger partial charge is 0.545 e. The second-order valence-corrected chi connectivity index (χ2v) is 18.8. The Morgan fingerprint density at radius 1 is 0.397 bits per heavy atom. The molecule has 0 N–H and O–H groups in total. The number of hydrogen-bond donors (Lipinski definition) is 0. The minimum atomic E-state index is -1.18. The van der Waals surface area contributed by atoms with Crippen molar-refractivity contribution in [2.24, 2.45) is 0 Å². The third-order valence-electron chi connectivity index (χ3n) is 10.5. The van der Waals surface area contributed by atoms with Crippen molar-refractivity contribution >= 4 is 47.1 Å². The number of ether oxygens (including phenoxy) is 2. The number of aromatic carboxylic acids is 4. The first-order valence-electron chi connectivity index (χ1n) is 22.8. The van der Waals surface area contributed by atoms with Gasteiger partial charge in [0.15, 0.2) is 0 Å². The number of carboxylic acids is 4. The van der Waals surface area contributed by atoms with Crippen LogP contribution in [0.2, 0.25) is 10.0 Å². The van der Waals surface area contributed by atoms with E-state index in [1.165, 1.54) is 85.3 Å². The van der Waals surface area contributed by atoms with Gasteiger partial charge in [-0.25, -0.2) is 0 Å². The molecule has 0 saturated carbocycles. The Bertz CT molecular complexity index is 1890. The van der Waals surface area contributed by atoms with E-state index < -0.39 is 23.9 Å². The van der Waals surface area contributed by atoms with E-state index in [0.29, 0.717) is 33.0 Å². The van der Waals surface area contributed by atoms with Gasteiger partial charge in [-0.05, 0) is 130 Å². The van der Waals surface area contributed by atoms with Gasteiger partial charge in [-0.15, -0.1) is 0 Å². The van der Waals surface area contributed by atoms with E-state index in [9.17, 15) is 39.6 Å². The van der Waals surface area contributed by atoms with Crippen molar-refractivity contribution in [3.63, 3.8) is 0 Å². The Morgan fingerprint density at radius 3 is 0.750 bits per heavy atom. The normalized spacial score (nSPS) is 12.4. The van der Waals surface area contributed by atoms with E-state index in [-0.39, 0.29) is 76.9 Å². The number of hydrogen-bond acceptors (Lipinski definition) is 10. The van der Waals surface area contributed by atoms with Gasteiger partial charge in [0.25, 0.3) is 0 Å². The predicted molar refractivity (Wildman–Crippen MR) is 258 cm³/mol. The summed E-state index contributed by atoms with van der Waals surface area (Å²) in [6, 6.07) is 19.7. The van der Waals surface area contributed by atoms with Gasteiger partial charge in [0.2, 0.25) is 0 Å². The molecule has 2 saturated heterocycles. The summed E-state index contributed by atoms with van der Waals surface area (Å²) in [5, 5.41) is 44.2. The maximum atomic E-state index is 11.4. The summed E-state index contributed by atoms with van der Waals surface area (Å²) >= 11 is 11.0. The maximum Gasteiger partial charge on any atom is 2.00 e. The predicted octanol–water partition coefficient (Wildman–Crippen LogP) is 9.84. The molecule has 0 amide bonds. The molecule has 0 bridgehead atoms. The van der Waals surface area contributed by atoms with Gasteiger partial charge in [0.1, 0.15) is 0 Å². The molecule has 4 aromatic carbocycles. The molecule has 14 heteroatoms. The maximum absolute atomic E-state index is 11.4. The molecule has 4 aromatic rings. The average Bonchev–Trinajstić information content (AvgIpc) is 4.05. The summed E-state index contributed by atoms with van der Waals surface area (Å²) in [7, 11) is 0. The van der Waals surface area contributed by atoms with Gasteiger partial charge < -0.3 is 49.1 Å². The standard InChI is InChI=1S/2C16H24O2.2C7H5ClO2.2C4H8O.2Mo/c2*1-9(2)12-7-13(10(3)4)15(16(17)18)14(8-12)11(5)6;2*8-6-3-1-5(2-4-6)7(9)10;2*1-2-4-5-3-1;;/h2*7-11H,1-6H3,(H,17,18);2*1-4H,(H,9,10);2*1-4H2;;/q;;;;;;2*+2/p-4. The van der Waals surface area contributed by atoms with Gasteiger partial charge in [0.05, 0.1) is 23.9 Å². The Hall–Kier alpha value is -3.36. The molecule has 2 heterocycles. The summed E-state index contributed by atoms with van der Waals surface area (Å²) in [5.74, 6) is -2.93. The fourth-order valence-electron chi connectivity index (χ4n) is 6.58. The molecular weight excluding hydrogens is 1070 g/mol. The second-order valence-electron chi connectivity index (χ2n) is 17.9. The van der Waals surface area contributed by atoms with Crippen LogP contribution in [0, 0.1) is 0 Å². The quantitative estimate of drug-likeness (QED) is 0.139. The summed E-state index contributed by atoms with van der Waals surface area (Å²) in [6.45, 7) is 28.7. The van der Waals surface area contributed by atoms with Crippen molar-refractivity contribution < 1.29 is 91.2 Å². The van der Waals surface area contributed by atoms with Crippen molar-refractivity contribution in [3.05, 3.63) is 138 Å². The van der Waals surface area contributed by atoms with E-state index in [0.717, 1.165) is 48.7 Å². The average molecular weight is 1140 g/mol. The summed E-state index contributed by atoms with van der Waals surface area (Å²) in [5.41, 5.74) is 7.05. The molecule has 68 heavy (non-hydrogen) atoms. The SMILES string of the molecule is C1CCOC1.C1CCOC1.CC(C)c1cc(C(C)C)c(C(=O)[O-])c(C(C)C)c1.CC(C)c1cc(C(C)C)c(C(=O)[O-])c(C(C)C)c1.O=C([O-])c1ccc(Cl)cc1.O=C([O-])c1ccc(Cl)cc1.[Mo+2].[Mo+2]. The zero-order valence-corrected chi connectivity index (χ0v) is 47.2. The summed E-state index contributed by atoms with van der Waals surface area (Å²) in [6.07, 6.45) is 5.11. The second kappa shape index (κ2) is 34.9.